The monoisotopic (exact) mass is 299 g/mol. The first kappa shape index (κ1) is 18.2. The summed E-state index contributed by atoms with van der Waals surface area (Å²) in [4.78, 5) is 16.1. The maximum atomic E-state index is 12.0. The van der Waals surface area contributed by atoms with Gasteiger partial charge in [-0.1, -0.05) is 0 Å². The molecule has 5 heteroatoms. The Morgan fingerprint density at radius 2 is 2.10 bits per heavy atom. The maximum absolute atomic E-state index is 12.0. The molecule has 21 heavy (non-hydrogen) atoms. The average molecular weight is 299 g/mol. The summed E-state index contributed by atoms with van der Waals surface area (Å²) >= 11 is 0. The fraction of sp³-hybridized carbons (Fsp3) is 0.938. The second kappa shape index (κ2) is 7.99. The van der Waals surface area contributed by atoms with Gasteiger partial charge < -0.3 is 19.9 Å². The van der Waals surface area contributed by atoms with E-state index in [0.29, 0.717) is 12.1 Å². The van der Waals surface area contributed by atoms with E-state index in [9.17, 15) is 4.79 Å². The van der Waals surface area contributed by atoms with Crippen LogP contribution < -0.4 is 5.32 Å². The molecule has 1 N–H and O–H groups in total. The minimum Gasteiger partial charge on any atom is -0.444 e. The van der Waals surface area contributed by atoms with E-state index in [1.54, 1.807) is 0 Å². The molecule has 0 aliphatic carbocycles. The molecule has 1 atom stereocenters. The standard InChI is InChI=1S/C16H33N3O2/c1-13(2)18(6)10-7-9-17-14-8-11-19(12-14)15(20)21-16(3,4)5/h13-14,17H,7-12H2,1-6H3. The summed E-state index contributed by atoms with van der Waals surface area (Å²) in [7, 11) is 2.16. The largest absolute Gasteiger partial charge is 0.444 e. The van der Waals surface area contributed by atoms with Gasteiger partial charge in [-0.3, -0.25) is 0 Å². The minimum absolute atomic E-state index is 0.189. The van der Waals surface area contributed by atoms with Gasteiger partial charge in [-0.25, -0.2) is 4.79 Å². The van der Waals surface area contributed by atoms with Crippen LogP contribution in [0.3, 0.4) is 0 Å². The Balaban J connectivity index is 2.19. The first-order valence-corrected chi connectivity index (χ1v) is 8.10. The number of rotatable bonds is 6. The molecule has 1 rings (SSSR count). The average Bonchev–Trinajstić information content (AvgIpc) is 2.81. The Kier molecular flexibility index (Phi) is 6.94. The fourth-order valence-corrected chi connectivity index (χ4v) is 2.31. The van der Waals surface area contributed by atoms with E-state index < -0.39 is 5.60 Å². The lowest BCUT2D eigenvalue weighted by atomic mass is 10.2. The van der Waals surface area contributed by atoms with Gasteiger partial charge in [0, 0.05) is 25.2 Å². The molecule has 0 spiro atoms. The van der Waals surface area contributed by atoms with E-state index in [2.05, 4.69) is 31.1 Å². The Morgan fingerprint density at radius 1 is 1.43 bits per heavy atom. The van der Waals surface area contributed by atoms with Crippen LogP contribution in [0.15, 0.2) is 0 Å². The van der Waals surface area contributed by atoms with Crippen molar-refractivity contribution in [2.75, 3.05) is 33.2 Å². The molecule has 0 radical (unpaired) electrons. The first-order valence-electron chi connectivity index (χ1n) is 8.10. The van der Waals surface area contributed by atoms with Crippen molar-refractivity contribution in [2.45, 2.75) is 65.1 Å². The second-order valence-corrected chi connectivity index (χ2v) is 7.29. The van der Waals surface area contributed by atoms with Crippen LogP contribution in [0, 0.1) is 0 Å². The molecule has 5 nitrogen and oxygen atoms in total. The van der Waals surface area contributed by atoms with E-state index in [-0.39, 0.29) is 6.09 Å². The molecule has 0 bridgehead atoms. The van der Waals surface area contributed by atoms with Crippen molar-refractivity contribution < 1.29 is 9.53 Å². The normalized spacial score (nSPS) is 19.6. The molecule has 0 saturated carbocycles. The number of carbonyl (C=O) groups is 1. The fourth-order valence-electron chi connectivity index (χ4n) is 2.31. The molecule has 1 unspecified atom stereocenters. The van der Waals surface area contributed by atoms with E-state index >= 15 is 0 Å². The van der Waals surface area contributed by atoms with Crippen LogP contribution in [0.25, 0.3) is 0 Å². The van der Waals surface area contributed by atoms with Crippen LogP contribution in [-0.2, 0) is 4.74 Å². The topological polar surface area (TPSA) is 44.8 Å². The Bertz CT molecular complexity index is 326. The molecule has 0 aromatic heterocycles. The molecular weight excluding hydrogens is 266 g/mol. The van der Waals surface area contributed by atoms with Gasteiger partial charge in [-0.15, -0.1) is 0 Å². The van der Waals surface area contributed by atoms with Crippen molar-refractivity contribution >= 4 is 6.09 Å². The molecule has 1 aliphatic heterocycles. The van der Waals surface area contributed by atoms with Gasteiger partial charge in [0.2, 0.25) is 0 Å². The third-order valence-corrected chi connectivity index (χ3v) is 3.84. The molecule has 1 fully saturated rings. The van der Waals surface area contributed by atoms with E-state index in [1.165, 1.54) is 0 Å². The summed E-state index contributed by atoms with van der Waals surface area (Å²) in [5.41, 5.74) is -0.413. The summed E-state index contributed by atoms with van der Waals surface area (Å²) in [5, 5.41) is 3.55. The summed E-state index contributed by atoms with van der Waals surface area (Å²) in [6.07, 6.45) is 1.96. The SMILES string of the molecule is CC(C)N(C)CCCNC1CCN(C(=O)OC(C)(C)C)C1. The van der Waals surface area contributed by atoms with Crippen molar-refractivity contribution in [3.63, 3.8) is 0 Å². The Morgan fingerprint density at radius 3 is 2.67 bits per heavy atom. The second-order valence-electron chi connectivity index (χ2n) is 7.29. The number of nitrogens with one attached hydrogen (secondary N) is 1. The number of hydrogen-bond donors (Lipinski definition) is 1. The molecule has 1 amide bonds. The summed E-state index contributed by atoms with van der Waals surface area (Å²) in [5.74, 6) is 0. The van der Waals surface area contributed by atoms with Gasteiger partial charge in [0.05, 0.1) is 0 Å². The van der Waals surface area contributed by atoms with Crippen LogP contribution in [0.4, 0.5) is 4.79 Å². The number of ether oxygens (including phenoxy) is 1. The third kappa shape index (κ3) is 7.14. The molecule has 1 saturated heterocycles. The number of likely N-dealkylation sites (tertiary alicyclic amines) is 1. The lowest BCUT2D eigenvalue weighted by Crippen LogP contribution is -2.39. The molecule has 1 heterocycles. The van der Waals surface area contributed by atoms with Crippen molar-refractivity contribution in [3.8, 4) is 0 Å². The highest BCUT2D eigenvalue weighted by Crippen LogP contribution is 2.15. The van der Waals surface area contributed by atoms with Crippen LogP contribution in [0.1, 0.15) is 47.5 Å². The zero-order valence-corrected chi connectivity index (χ0v) is 14.6. The lowest BCUT2D eigenvalue weighted by Gasteiger charge is -2.24. The van der Waals surface area contributed by atoms with Gasteiger partial charge in [0.15, 0.2) is 0 Å². The quantitative estimate of drug-likeness (QED) is 0.765. The molecule has 0 aromatic rings. The van der Waals surface area contributed by atoms with E-state index in [0.717, 1.165) is 39.0 Å². The number of carbonyl (C=O) groups excluding carboxylic acids is 1. The zero-order valence-electron chi connectivity index (χ0n) is 14.6. The summed E-state index contributed by atoms with van der Waals surface area (Å²) < 4.78 is 5.41. The third-order valence-electron chi connectivity index (χ3n) is 3.84. The Hall–Kier alpha value is -0.810. The zero-order chi connectivity index (χ0) is 16.0. The highest BCUT2D eigenvalue weighted by atomic mass is 16.6. The predicted molar refractivity (Wildman–Crippen MR) is 86.6 cm³/mol. The van der Waals surface area contributed by atoms with Crippen LogP contribution in [0.2, 0.25) is 0 Å². The smallest absolute Gasteiger partial charge is 0.410 e. The van der Waals surface area contributed by atoms with Crippen molar-refractivity contribution in [3.05, 3.63) is 0 Å². The predicted octanol–water partition coefficient (Wildman–Crippen LogP) is 2.32. The van der Waals surface area contributed by atoms with Gasteiger partial charge in [-0.2, -0.15) is 0 Å². The number of amides is 1. The minimum atomic E-state index is -0.413. The lowest BCUT2D eigenvalue weighted by molar-refractivity contribution is 0.0291. The van der Waals surface area contributed by atoms with E-state index in [4.69, 9.17) is 4.74 Å². The Labute approximate surface area is 130 Å². The first-order chi connectivity index (χ1) is 9.69. The van der Waals surface area contributed by atoms with Gasteiger partial charge >= 0.3 is 6.09 Å². The highest BCUT2D eigenvalue weighted by Gasteiger charge is 2.29. The van der Waals surface area contributed by atoms with Crippen LogP contribution in [0.5, 0.6) is 0 Å². The number of hydrogen-bond acceptors (Lipinski definition) is 4. The molecule has 124 valence electrons. The van der Waals surface area contributed by atoms with E-state index in [1.807, 2.05) is 25.7 Å². The van der Waals surface area contributed by atoms with Crippen molar-refractivity contribution in [2.24, 2.45) is 0 Å². The van der Waals surface area contributed by atoms with Crippen LogP contribution >= 0.6 is 0 Å². The maximum Gasteiger partial charge on any atom is 0.410 e. The summed E-state index contributed by atoms with van der Waals surface area (Å²) in [6, 6.07) is 1.00. The molecular formula is C16H33N3O2. The van der Waals surface area contributed by atoms with Crippen molar-refractivity contribution in [1.29, 1.82) is 0 Å². The molecule has 1 aliphatic rings. The van der Waals surface area contributed by atoms with Gasteiger partial charge in [-0.05, 0) is 67.6 Å². The van der Waals surface area contributed by atoms with Crippen molar-refractivity contribution in [1.82, 2.24) is 15.1 Å². The van der Waals surface area contributed by atoms with Crippen LogP contribution in [-0.4, -0.2) is 66.8 Å². The number of nitrogens with zero attached hydrogens (tertiary/aromatic N) is 2. The summed E-state index contributed by atoms with van der Waals surface area (Å²) in [6.45, 7) is 13.8. The van der Waals surface area contributed by atoms with Gasteiger partial charge in [0.1, 0.15) is 5.60 Å². The molecule has 0 aromatic carbocycles. The highest BCUT2D eigenvalue weighted by molar-refractivity contribution is 5.68. The van der Waals surface area contributed by atoms with Gasteiger partial charge in [0.25, 0.3) is 0 Å².